The Kier molecular flexibility index (Phi) is 3.36. The minimum atomic E-state index is -4.49. The number of imidazole rings is 1. The first kappa shape index (κ1) is 13.6. The molecule has 0 saturated heterocycles. The van der Waals surface area contributed by atoms with E-state index in [0.29, 0.717) is 5.69 Å². The Morgan fingerprint density at radius 2 is 1.95 bits per heavy atom. The van der Waals surface area contributed by atoms with Crippen LogP contribution in [0.1, 0.15) is 22.5 Å². The molecular weight excluding hydrogens is 257 g/mol. The number of aromatic nitrogens is 2. The van der Waals surface area contributed by atoms with Gasteiger partial charge in [-0.3, -0.25) is 0 Å². The zero-order valence-electron chi connectivity index (χ0n) is 10.5. The highest BCUT2D eigenvalue weighted by Crippen LogP contribution is 2.33. The molecule has 0 atom stereocenters. The van der Waals surface area contributed by atoms with Crippen molar-refractivity contribution in [3.63, 3.8) is 0 Å². The summed E-state index contributed by atoms with van der Waals surface area (Å²) in [4.78, 5) is 4.06. The molecule has 1 N–H and O–H groups in total. The normalized spacial score (nSPS) is 11.9. The fourth-order valence-corrected chi connectivity index (χ4v) is 1.88. The van der Waals surface area contributed by atoms with E-state index >= 15 is 0 Å². The molecule has 0 radical (unpaired) electrons. The van der Waals surface area contributed by atoms with E-state index in [4.69, 9.17) is 5.11 Å². The number of alkyl halides is 3. The monoisotopic (exact) mass is 270 g/mol. The average molecular weight is 270 g/mol. The topological polar surface area (TPSA) is 38.0 Å². The minimum absolute atomic E-state index is 0.134. The van der Waals surface area contributed by atoms with Crippen molar-refractivity contribution in [2.24, 2.45) is 0 Å². The molecular formula is C13H13F3N2O. The fourth-order valence-electron chi connectivity index (χ4n) is 1.88. The second kappa shape index (κ2) is 4.70. The van der Waals surface area contributed by atoms with Gasteiger partial charge >= 0.3 is 6.18 Å². The molecule has 0 amide bonds. The number of hydrogen-bond donors (Lipinski definition) is 1. The fraction of sp³-hybridized carbons (Fsp3) is 0.308. The quantitative estimate of drug-likeness (QED) is 0.911. The Balaban J connectivity index is 2.58. The number of aryl methyl sites for hydroxylation is 1. The van der Waals surface area contributed by atoms with E-state index in [1.54, 1.807) is 18.4 Å². The van der Waals surface area contributed by atoms with Gasteiger partial charge < -0.3 is 9.67 Å². The molecule has 2 aromatic rings. The van der Waals surface area contributed by atoms with Crippen molar-refractivity contribution in [3.8, 4) is 5.69 Å². The molecule has 1 aromatic heterocycles. The molecule has 2 rings (SSSR count). The van der Waals surface area contributed by atoms with Crippen molar-refractivity contribution in [1.29, 1.82) is 0 Å². The van der Waals surface area contributed by atoms with E-state index < -0.39 is 18.3 Å². The zero-order valence-corrected chi connectivity index (χ0v) is 10.5. The summed E-state index contributed by atoms with van der Waals surface area (Å²) in [6.07, 6.45) is -3.00. The van der Waals surface area contributed by atoms with Gasteiger partial charge in [0.2, 0.25) is 0 Å². The van der Waals surface area contributed by atoms with E-state index in [1.165, 1.54) is 18.5 Å². The predicted octanol–water partition coefficient (Wildman–Crippen LogP) is 3.00. The van der Waals surface area contributed by atoms with Gasteiger partial charge in [-0.25, -0.2) is 4.98 Å². The molecule has 0 aliphatic rings. The van der Waals surface area contributed by atoms with Gasteiger partial charge in [-0.2, -0.15) is 13.2 Å². The summed E-state index contributed by atoms with van der Waals surface area (Å²) in [6.45, 7) is 2.94. The lowest BCUT2D eigenvalue weighted by Gasteiger charge is -2.14. The zero-order chi connectivity index (χ0) is 14.2. The summed E-state index contributed by atoms with van der Waals surface area (Å²) in [5, 5.41) is 8.98. The highest BCUT2D eigenvalue weighted by Gasteiger charge is 2.33. The largest absolute Gasteiger partial charge is 0.416 e. The summed E-state index contributed by atoms with van der Waals surface area (Å²) in [5.74, 6) is 0. The first-order valence-electron chi connectivity index (χ1n) is 5.66. The maximum atomic E-state index is 12.9. The van der Waals surface area contributed by atoms with Gasteiger partial charge in [-0.05, 0) is 31.5 Å². The van der Waals surface area contributed by atoms with E-state index in [9.17, 15) is 13.2 Å². The van der Waals surface area contributed by atoms with E-state index in [1.807, 2.05) is 0 Å². The van der Waals surface area contributed by atoms with Crippen LogP contribution >= 0.6 is 0 Å². The molecule has 0 unspecified atom stereocenters. The molecule has 0 aliphatic carbocycles. The predicted molar refractivity (Wildman–Crippen MR) is 64.0 cm³/mol. The maximum Gasteiger partial charge on any atom is 0.416 e. The first-order valence-corrected chi connectivity index (χ1v) is 5.66. The summed E-state index contributed by atoms with van der Waals surface area (Å²) >= 11 is 0. The third kappa shape index (κ3) is 2.49. The number of nitrogens with zero attached hydrogens (tertiary/aromatic N) is 2. The van der Waals surface area contributed by atoms with E-state index in [0.717, 1.165) is 17.5 Å². The van der Waals surface area contributed by atoms with Crippen molar-refractivity contribution in [1.82, 2.24) is 9.55 Å². The van der Waals surface area contributed by atoms with Crippen LogP contribution in [0.3, 0.4) is 0 Å². The summed E-state index contributed by atoms with van der Waals surface area (Å²) in [5.41, 5.74) is 0.969. The van der Waals surface area contributed by atoms with Crippen LogP contribution in [0.5, 0.6) is 0 Å². The smallest absolute Gasteiger partial charge is 0.392 e. The molecule has 0 spiro atoms. The van der Waals surface area contributed by atoms with E-state index in [2.05, 4.69) is 4.98 Å². The Morgan fingerprint density at radius 1 is 1.26 bits per heavy atom. The molecule has 0 bridgehead atoms. The van der Waals surface area contributed by atoms with Crippen LogP contribution in [-0.2, 0) is 12.8 Å². The molecule has 0 fully saturated rings. The number of benzene rings is 1. The molecule has 1 aromatic carbocycles. The molecule has 1 heterocycles. The van der Waals surface area contributed by atoms with Gasteiger partial charge in [0.25, 0.3) is 0 Å². The molecule has 0 aliphatic heterocycles. The molecule has 3 nitrogen and oxygen atoms in total. The Bertz CT molecular complexity index is 602. The maximum absolute atomic E-state index is 12.9. The highest BCUT2D eigenvalue weighted by atomic mass is 19.4. The van der Waals surface area contributed by atoms with Crippen LogP contribution in [0, 0.1) is 13.8 Å². The lowest BCUT2D eigenvalue weighted by molar-refractivity contribution is -0.138. The van der Waals surface area contributed by atoms with Gasteiger partial charge in [0.15, 0.2) is 0 Å². The Hall–Kier alpha value is -1.82. The van der Waals surface area contributed by atoms with Crippen LogP contribution < -0.4 is 0 Å². The van der Waals surface area contributed by atoms with Crippen molar-refractivity contribution in [2.75, 3.05) is 0 Å². The first-order chi connectivity index (χ1) is 8.84. The molecule has 6 heteroatoms. The molecule has 102 valence electrons. The number of hydrogen-bond acceptors (Lipinski definition) is 2. The number of aliphatic hydroxyl groups is 1. The van der Waals surface area contributed by atoms with Crippen molar-refractivity contribution >= 4 is 0 Å². The summed E-state index contributed by atoms with van der Waals surface area (Å²) in [7, 11) is 0. The average Bonchev–Trinajstić information content (AvgIpc) is 2.68. The molecule has 0 saturated carbocycles. The van der Waals surface area contributed by atoms with Gasteiger partial charge in [0.1, 0.15) is 0 Å². The van der Waals surface area contributed by atoms with Crippen LogP contribution in [0.15, 0.2) is 24.5 Å². The molecule has 19 heavy (non-hydrogen) atoms. The number of halogens is 3. The lowest BCUT2D eigenvalue weighted by Crippen LogP contribution is -2.10. The van der Waals surface area contributed by atoms with E-state index in [-0.39, 0.29) is 5.56 Å². The van der Waals surface area contributed by atoms with Crippen molar-refractivity contribution in [2.45, 2.75) is 26.6 Å². The van der Waals surface area contributed by atoms with Gasteiger partial charge in [0, 0.05) is 11.4 Å². The second-order valence-electron chi connectivity index (χ2n) is 4.28. The third-order valence-corrected chi connectivity index (χ3v) is 3.10. The van der Waals surface area contributed by atoms with Gasteiger partial charge in [-0.15, -0.1) is 0 Å². The third-order valence-electron chi connectivity index (χ3n) is 3.10. The SMILES string of the molecule is Cc1ncn(-c2ccc(CO)c(C(F)(F)F)c2)c1C. The second-order valence-corrected chi connectivity index (χ2v) is 4.28. The van der Waals surface area contributed by atoms with Crippen LogP contribution in [0.2, 0.25) is 0 Å². The standard InChI is InChI=1S/C13H13F3N2O/c1-8-9(2)18(7-17-8)11-4-3-10(6-19)12(5-11)13(14,15)16/h3-5,7,19H,6H2,1-2H3. The summed E-state index contributed by atoms with van der Waals surface area (Å²) < 4.78 is 40.3. The highest BCUT2D eigenvalue weighted by molar-refractivity contribution is 5.43. The van der Waals surface area contributed by atoms with Gasteiger partial charge in [0.05, 0.1) is 24.2 Å². The van der Waals surface area contributed by atoms with Gasteiger partial charge in [-0.1, -0.05) is 6.07 Å². The Morgan fingerprint density at radius 3 is 2.42 bits per heavy atom. The van der Waals surface area contributed by atoms with Crippen molar-refractivity contribution in [3.05, 3.63) is 47.0 Å². The minimum Gasteiger partial charge on any atom is -0.392 e. The van der Waals surface area contributed by atoms with Crippen LogP contribution in [0.4, 0.5) is 13.2 Å². The summed E-state index contributed by atoms with van der Waals surface area (Å²) in [6, 6.07) is 3.85. The Labute approximate surface area is 108 Å². The van der Waals surface area contributed by atoms with Crippen LogP contribution in [-0.4, -0.2) is 14.7 Å². The number of aliphatic hydroxyl groups excluding tert-OH is 1. The van der Waals surface area contributed by atoms with Crippen molar-refractivity contribution < 1.29 is 18.3 Å². The number of rotatable bonds is 2. The lowest BCUT2D eigenvalue weighted by atomic mass is 10.1. The van der Waals surface area contributed by atoms with Crippen LogP contribution in [0.25, 0.3) is 5.69 Å².